The van der Waals surface area contributed by atoms with Gasteiger partial charge in [0.05, 0.1) is 12.8 Å². The van der Waals surface area contributed by atoms with Gasteiger partial charge in [-0.3, -0.25) is 4.79 Å². The maximum absolute atomic E-state index is 12.4. The molecule has 2 aromatic carbocycles. The summed E-state index contributed by atoms with van der Waals surface area (Å²) in [7, 11) is 1.66. The number of carbonyl (C=O) groups is 1. The van der Waals surface area contributed by atoms with Gasteiger partial charge in [0.25, 0.3) is 0 Å². The van der Waals surface area contributed by atoms with Gasteiger partial charge in [0.2, 0.25) is 5.91 Å². The average Bonchev–Trinajstić information content (AvgIpc) is 3.32. The van der Waals surface area contributed by atoms with E-state index in [-0.39, 0.29) is 5.91 Å². The summed E-state index contributed by atoms with van der Waals surface area (Å²) in [4.78, 5) is 17.1. The monoisotopic (exact) mass is 479 g/mol. The molecule has 0 saturated heterocycles. The van der Waals surface area contributed by atoms with E-state index in [1.165, 1.54) is 44.9 Å². The maximum atomic E-state index is 12.4. The number of hydrogen-bond donors (Lipinski definition) is 2. The fourth-order valence-corrected chi connectivity index (χ4v) is 4.60. The average molecular weight is 480 g/mol. The Hall–Kier alpha value is -2.86. The quantitative estimate of drug-likeness (QED) is 0.215. The third-order valence-corrected chi connectivity index (χ3v) is 6.53. The van der Waals surface area contributed by atoms with Crippen LogP contribution in [0, 0.1) is 0 Å². The molecule has 1 amide bonds. The second kappa shape index (κ2) is 14.4. The third kappa shape index (κ3) is 8.82. The molecule has 182 valence electrons. The highest BCUT2D eigenvalue weighted by Crippen LogP contribution is 2.29. The molecule has 0 bridgehead atoms. The number of hydrogen-bond acceptors (Lipinski definition) is 5. The first-order chi connectivity index (χ1) is 16.7. The Balaban J connectivity index is 1.43. The Morgan fingerprint density at radius 2 is 1.62 bits per heavy atom. The number of aromatic nitrogens is 1. The second-order valence-electron chi connectivity index (χ2n) is 8.60. The van der Waals surface area contributed by atoms with E-state index in [9.17, 15) is 4.79 Å². The van der Waals surface area contributed by atoms with E-state index in [2.05, 4.69) is 17.6 Å². The number of ether oxygens (including phenoxy) is 1. The van der Waals surface area contributed by atoms with Crippen LogP contribution in [0.4, 0.5) is 16.5 Å². The van der Waals surface area contributed by atoms with Crippen molar-refractivity contribution in [3.05, 3.63) is 53.9 Å². The summed E-state index contributed by atoms with van der Waals surface area (Å²) in [6.45, 7) is 2.25. The van der Waals surface area contributed by atoms with E-state index in [1.54, 1.807) is 18.4 Å². The number of thiazole rings is 1. The van der Waals surface area contributed by atoms with Crippen LogP contribution in [0.25, 0.3) is 11.3 Å². The van der Waals surface area contributed by atoms with Gasteiger partial charge < -0.3 is 15.4 Å². The highest BCUT2D eigenvalue weighted by atomic mass is 32.1. The van der Waals surface area contributed by atoms with Crippen molar-refractivity contribution < 1.29 is 9.53 Å². The standard InChI is InChI=1S/C28H37N3O2S/c1-3-4-5-6-7-8-9-10-11-18-27(32)29-23-15-12-14-22(19-23)26-21-34-28(31-26)30-24-16-13-17-25(20-24)33-2/h12-17,19-21H,3-11,18H2,1-2H3,(H,29,32)(H,30,31). The third-order valence-electron chi connectivity index (χ3n) is 5.77. The lowest BCUT2D eigenvalue weighted by Gasteiger charge is -2.07. The topological polar surface area (TPSA) is 63.2 Å². The van der Waals surface area contributed by atoms with Crippen LogP contribution in [0.2, 0.25) is 0 Å². The van der Waals surface area contributed by atoms with E-state index in [0.717, 1.165) is 46.4 Å². The summed E-state index contributed by atoms with van der Waals surface area (Å²) in [5.41, 5.74) is 3.60. The van der Waals surface area contributed by atoms with Crippen molar-refractivity contribution in [3.63, 3.8) is 0 Å². The van der Waals surface area contributed by atoms with Crippen LogP contribution in [0.3, 0.4) is 0 Å². The molecular formula is C28H37N3O2S. The fraction of sp³-hybridized carbons (Fsp3) is 0.429. The molecule has 6 heteroatoms. The van der Waals surface area contributed by atoms with E-state index in [0.29, 0.717) is 6.42 Å². The molecule has 2 N–H and O–H groups in total. The molecule has 0 spiro atoms. The van der Waals surface area contributed by atoms with Crippen molar-refractivity contribution in [1.82, 2.24) is 4.98 Å². The molecule has 0 saturated carbocycles. The largest absolute Gasteiger partial charge is 0.497 e. The highest BCUT2D eigenvalue weighted by Gasteiger charge is 2.08. The van der Waals surface area contributed by atoms with Gasteiger partial charge in [-0.2, -0.15) is 0 Å². The molecule has 1 aromatic heterocycles. The molecule has 3 rings (SSSR count). The van der Waals surface area contributed by atoms with Crippen LogP contribution in [0.1, 0.15) is 71.1 Å². The van der Waals surface area contributed by atoms with Gasteiger partial charge in [-0.25, -0.2) is 4.98 Å². The van der Waals surface area contributed by atoms with Crippen molar-refractivity contribution in [1.29, 1.82) is 0 Å². The molecule has 0 atom stereocenters. The lowest BCUT2D eigenvalue weighted by Crippen LogP contribution is -2.11. The predicted octanol–water partition coefficient (Wildman–Crippen LogP) is 8.42. The summed E-state index contributed by atoms with van der Waals surface area (Å²) < 4.78 is 5.28. The van der Waals surface area contributed by atoms with E-state index >= 15 is 0 Å². The van der Waals surface area contributed by atoms with Crippen LogP contribution >= 0.6 is 11.3 Å². The van der Waals surface area contributed by atoms with E-state index < -0.39 is 0 Å². The smallest absolute Gasteiger partial charge is 0.224 e. The molecule has 0 aliphatic heterocycles. The summed E-state index contributed by atoms with van der Waals surface area (Å²) >= 11 is 1.54. The van der Waals surface area contributed by atoms with E-state index in [4.69, 9.17) is 9.72 Å². The van der Waals surface area contributed by atoms with Crippen molar-refractivity contribution in [2.75, 3.05) is 17.7 Å². The zero-order chi connectivity index (χ0) is 24.0. The Kier molecular flexibility index (Phi) is 10.9. The fourth-order valence-electron chi connectivity index (χ4n) is 3.86. The van der Waals surface area contributed by atoms with Crippen molar-refractivity contribution in [3.8, 4) is 17.0 Å². The Morgan fingerprint density at radius 1 is 0.912 bits per heavy atom. The number of methoxy groups -OCH3 is 1. The predicted molar refractivity (Wildman–Crippen MR) is 144 cm³/mol. The molecule has 0 aliphatic carbocycles. The van der Waals surface area contributed by atoms with Gasteiger partial charge in [-0.15, -0.1) is 11.3 Å². The minimum absolute atomic E-state index is 0.0822. The Morgan fingerprint density at radius 3 is 2.38 bits per heavy atom. The van der Waals surface area contributed by atoms with Gasteiger partial charge in [-0.1, -0.05) is 76.5 Å². The van der Waals surface area contributed by atoms with Crippen molar-refractivity contribution in [2.45, 2.75) is 71.1 Å². The molecule has 1 heterocycles. The van der Waals surface area contributed by atoms with Crippen LogP contribution in [-0.4, -0.2) is 18.0 Å². The number of nitrogens with one attached hydrogen (secondary N) is 2. The van der Waals surface area contributed by atoms with Gasteiger partial charge in [-0.05, 0) is 30.7 Å². The first kappa shape index (κ1) is 25.8. The van der Waals surface area contributed by atoms with Crippen LogP contribution in [0.15, 0.2) is 53.9 Å². The number of rotatable bonds is 15. The van der Waals surface area contributed by atoms with Gasteiger partial charge >= 0.3 is 0 Å². The first-order valence-electron chi connectivity index (χ1n) is 12.4. The van der Waals surface area contributed by atoms with Gasteiger partial charge in [0.15, 0.2) is 5.13 Å². The van der Waals surface area contributed by atoms with Crippen LogP contribution in [0.5, 0.6) is 5.75 Å². The first-order valence-corrected chi connectivity index (χ1v) is 13.3. The number of carbonyl (C=O) groups excluding carboxylic acids is 1. The molecule has 3 aromatic rings. The molecule has 0 aliphatic rings. The van der Waals surface area contributed by atoms with Crippen LogP contribution in [-0.2, 0) is 4.79 Å². The second-order valence-corrected chi connectivity index (χ2v) is 9.46. The number of amides is 1. The Bertz CT molecular complexity index is 1020. The zero-order valence-corrected chi connectivity index (χ0v) is 21.3. The molecule has 5 nitrogen and oxygen atoms in total. The highest BCUT2D eigenvalue weighted by molar-refractivity contribution is 7.14. The van der Waals surface area contributed by atoms with Gasteiger partial charge in [0.1, 0.15) is 5.75 Å². The normalized spacial score (nSPS) is 10.8. The lowest BCUT2D eigenvalue weighted by atomic mass is 10.1. The Labute approximate surface area is 208 Å². The van der Waals surface area contributed by atoms with Crippen molar-refractivity contribution in [2.24, 2.45) is 0 Å². The summed E-state index contributed by atoms with van der Waals surface area (Å²) in [5, 5.41) is 9.20. The maximum Gasteiger partial charge on any atom is 0.224 e. The minimum Gasteiger partial charge on any atom is -0.497 e. The number of unbranched alkanes of at least 4 members (excludes halogenated alkanes) is 8. The number of benzene rings is 2. The number of anilines is 3. The molecule has 0 unspecified atom stereocenters. The van der Waals surface area contributed by atoms with Crippen LogP contribution < -0.4 is 15.4 Å². The SMILES string of the molecule is CCCCCCCCCCCC(=O)Nc1cccc(-c2csc(Nc3cccc(OC)c3)n2)c1. The summed E-state index contributed by atoms with van der Waals surface area (Å²) in [6, 6.07) is 15.7. The molecule has 0 radical (unpaired) electrons. The minimum atomic E-state index is 0.0822. The zero-order valence-electron chi connectivity index (χ0n) is 20.4. The molecular weight excluding hydrogens is 442 g/mol. The van der Waals surface area contributed by atoms with Crippen molar-refractivity contribution >= 4 is 33.8 Å². The number of nitrogens with zero attached hydrogens (tertiary/aromatic N) is 1. The summed E-state index contributed by atoms with van der Waals surface area (Å²) in [6.07, 6.45) is 11.9. The van der Waals surface area contributed by atoms with E-state index in [1.807, 2.05) is 53.9 Å². The van der Waals surface area contributed by atoms with Gasteiger partial charge in [0, 0.05) is 34.8 Å². The lowest BCUT2D eigenvalue weighted by molar-refractivity contribution is -0.116. The molecule has 34 heavy (non-hydrogen) atoms. The summed E-state index contributed by atoms with van der Waals surface area (Å²) in [5.74, 6) is 0.881. The molecule has 0 fully saturated rings.